The van der Waals surface area contributed by atoms with Crippen molar-refractivity contribution in [2.24, 2.45) is 0 Å². The van der Waals surface area contributed by atoms with Crippen molar-refractivity contribution in [1.82, 2.24) is 4.98 Å². The fourth-order valence-corrected chi connectivity index (χ4v) is 3.20. The van der Waals surface area contributed by atoms with E-state index >= 15 is 0 Å². The molecule has 1 fully saturated rings. The number of anilines is 3. The highest BCUT2D eigenvalue weighted by atomic mass is 32.2. The second kappa shape index (κ2) is 6.81. The molecule has 0 atom stereocenters. The number of sulfonamides is 1. The summed E-state index contributed by atoms with van der Waals surface area (Å²) in [6.45, 7) is 7.85. The van der Waals surface area contributed by atoms with Gasteiger partial charge in [-0.15, -0.1) is 0 Å². The van der Waals surface area contributed by atoms with Crippen molar-refractivity contribution in [2.75, 3.05) is 16.3 Å². The Morgan fingerprint density at radius 2 is 1.59 bits per heavy atom. The molecule has 7 nitrogen and oxygen atoms in total. The van der Waals surface area contributed by atoms with Crippen molar-refractivity contribution in [3.8, 4) is 0 Å². The highest BCUT2D eigenvalue weighted by molar-refractivity contribution is 7.92. The third kappa shape index (κ3) is 4.43. The van der Waals surface area contributed by atoms with Gasteiger partial charge in [0, 0.05) is 11.2 Å². The highest BCUT2D eigenvalue weighted by Crippen LogP contribution is 2.37. The number of pyridine rings is 1. The van der Waals surface area contributed by atoms with E-state index in [1.165, 1.54) is 6.20 Å². The molecule has 0 unspecified atom stereocenters. The van der Waals surface area contributed by atoms with E-state index in [9.17, 15) is 8.42 Å². The van der Waals surface area contributed by atoms with Crippen LogP contribution >= 0.6 is 0 Å². The normalized spacial score (nSPS) is 18.3. The number of hydrogen-bond acceptors (Lipinski definition) is 6. The van der Waals surface area contributed by atoms with Crippen LogP contribution in [0.5, 0.6) is 0 Å². The fraction of sp³-hybridized carbons (Fsp3) is 0.389. The molecule has 27 heavy (non-hydrogen) atoms. The van der Waals surface area contributed by atoms with Crippen molar-refractivity contribution in [3.05, 3.63) is 42.6 Å². The lowest BCUT2D eigenvalue weighted by Gasteiger charge is -2.32. The first-order chi connectivity index (χ1) is 12.5. The molecule has 1 aliphatic heterocycles. The summed E-state index contributed by atoms with van der Waals surface area (Å²) in [7, 11) is -4.11. The highest BCUT2D eigenvalue weighted by Gasteiger charge is 2.52. The van der Waals surface area contributed by atoms with E-state index in [0.29, 0.717) is 17.0 Å². The van der Waals surface area contributed by atoms with Gasteiger partial charge < -0.3 is 14.6 Å². The molecule has 1 saturated heterocycles. The molecule has 0 saturated carbocycles. The van der Waals surface area contributed by atoms with Crippen molar-refractivity contribution in [3.63, 3.8) is 0 Å². The average molecular weight is 389 g/mol. The molecule has 2 aromatic rings. The Bertz CT molecular complexity index is 917. The summed E-state index contributed by atoms with van der Waals surface area (Å²) in [4.78, 5) is 4.40. The second-order valence-electron chi connectivity index (χ2n) is 7.62. The molecule has 0 aliphatic carbocycles. The predicted octanol–water partition coefficient (Wildman–Crippen LogP) is 2.50. The average Bonchev–Trinajstić information content (AvgIpc) is 2.76. The Morgan fingerprint density at radius 3 is 2.15 bits per heavy atom. The third-order valence-electron chi connectivity index (χ3n) is 4.76. The van der Waals surface area contributed by atoms with Gasteiger partial charge in [-0.2, -0.15) is 0 Å². The van der Waals surface area contributed by atoms with Crippen LogP contribution in [0.4, 0.5) is 17.2 Å². The first-order valence-corrected chi connectivity index (χ1v) is 10.5. The Labute approximate surface area is 160 Å². The van der Waals surface area contributed by atoms with E-state index in [4.69, 9.17) is 9.31 Å². The number of nitrogens with one attached hydrogen (secondary N) is 2. The van der Waals surface area contributed by atoms with Crippen molar-refractivity contribution >= 4 is 39.8 Å². The monoisotopic (exact) mass is 389 g/mol. The SMILES string of the molecule is CC1(C)OB(c2cc(NS(C)(=O)=O)cnc2Nc2ccccc2)OC1(C)C. The summed E-state index contributed by atoms with van der Waals surface area (Å²) in [6.07, 6.45) is 2.55. The zero-order valence-electron chi connectivity index (χ0n) is 16.1. The zero-order chi connectivity index (χ0) is 19.9. The summed E-state index contributed by atoms with van der Waals surface area (Å²) in [5, 5.41) is 3.25. The first kappa shape index (κ1) is 19.7. The van der Waals surface area contributed by atoms with Gasteiger partial charge in [0.15, 0.2) is 0 Å². The number of hydrogen-bond donors (Lipinski definition) is 2. The largest absolute Gasteiger partial charge is 0.498 e. The Morgan fingerprint density at radius 1 is 1.00 bits per heavy atom. The summed E-state index contributed by atoms with van der Waals surface area (Å²) >= 11 is 0. The van der Waals surface area contributed by atoms with Crippen LogP contribution < -0.4 is 15.5 Å². The van der Waals surface area contributed by atoms with Crippen LogP contribution in [0.3, 0.4) is 0 Å². The molecular formula is C18H24BN3O4S. The van der Waals surface area contributed by atoms with E-state index in [2.05, 4.69) is 15.0 Å². The van der Waals surface area contributed by atoms with Crippen LogP contribution in [0.1, 0.15) is 27.7 Å². The van der Waals surface area contributed by atoms with Crippen LogP contribution in [-0.2, 0) is 19.3 Å². The smallest absolute Gasteiger partial charge is 0.399 e. The minimum absolute atomic E-state index is 0.348. The molecule has 0 spiro atoms. The minimum atomic E-state index is -3.43. The lowest BCUT2D eigenvalue weighted by Crippen LogP contribution is -2.41. The third-order valence-corrected chi connectivity index (χ3v) is 5.37. The molecule has 0 radical (unpaired) electrons. The van der Waals surface area contributed by atoms with Gasteiger partial charge in [0.1, 0.15) is 5.82 Å². The standard InChI is InChI=1S/C18H24BN3O4S/c1-17(2)18(3,4)26-19(25-17)15-11-14(22-27(5,23)24)12-20-16(15)21-13-9-7-6-8-10-13/h6-12,22H,1-5H3,(H,20,21). The van der Waals surface area contributed by atoms with Gasteiger partial charge in [-0.1, -0.05) is 18.2 Å². The van der Waals surface area contributed by atoms with Crippen molar-refractivity contribution in [1.29, 1.82) is 0 Å². The molecule has 2 heterocycles. The Hall–Kier alpha value is -2.10. The number of para-hydroxylation sites is 1. The molecule has 144 valence electrons. The lowest BCUT2D eigenvalue weighted by molar-refractivity contribution is 0.00578. The maximum absolute atomic E-state index is 11.6. The molecular weight excluding hydrogens is 365 g/mol. The number of benzene rings is 1. The second-order valence-corrected chi connectivity index (χ2v) is 9.36. The Balaban J connectivity index is 2.01. The van der Waals surface area contributed by atoms with Crippen LogP contribution in [0.2, 0.25) is 0 Å². The van der Waals surface area contributed by atoms with E-state index in [-0.39, 0.29) is 0 Å². The van der Waals surface area contributed by atoms with Gasteiger partial charge >= 0.3 is 7.12 Å². The molecule has 2 N–H and O–H groups in total. The molecule has 1 aromatic carbocycles. The lowest BCUT2D eigenvalue weighted by atomic mass is 9.79. The molecule has 3 rings (SSSR count). The zero-order valence-corrected chi connectivity index (χ0v) is 16.9. The quantitative estimate of drug-likeness (QED) is 0.764. The van der Waals surface area contributed by atoms with Gasteiger partial charge in [-0.05, 0) is 45.9 Å². The van der Waals surface area contributed by atoms with Gasteiger partial charge in [0.25, 0.3) is 0 Å². The van der Waals surface area contributed by atoms with Crippen molar-refractivity contribution < 1.29 is 17.7 Å². The summed E-state index contributed by atoms with van der Waals surface area (Å²) in [5.74, 6) is 0.541. The molecule has 1 aromatic heterocycles. The van der Waals surface area contributed by atoms with Gasteiger partial charge in [0.05, 0.1) is 29.3 Å². The minimum Gasteiger partial charge on any atom is -0.399 e. The van der Waals surface area contributed by atoms with Crippen LogP contribution in [0, 0.1) is 0 Å². The van der Waals surface area contributed by atoms with Crippen LogP contribution in [0.25, 0.3) is 0 Å². The van der Waals surface area contributed by atoms with Crippen LogP contribution in [0.15, 0.2) is 42.6 Å². The topological polar surface area (TPSA) is 89.5 Å². The predicted molar refractivity (Wildman–Crippen MR) is 108 cm³/mol. The van der Waals surface area contributed by atoms with Gasteiger partial charge in [-0.3, -0.25) is 4.72 Å². The van der Waals surface area contributed by atoms with E-state index in [1.54, 1.807) is 6.07 Å². The summed E-state index contributed by atoms with van der Waals surface area (Å²) in [6, 6.07) is 11.3. The van der Waals surface area contributed by atoms with Crippen LogP contribution in [-0.4, -0.2) is 38.0 Å². The van der Waals surface area contributed by atoms with E-state index in [0.717, 1.165) is 11.9 Å². The van der Waals surface area contributed by atoms with E-state index < -0.39 is 28.3 Å². The van der Waals surface area contributed by atoms with Gasteiger partial charge in [-0.25, -0.2) is 13.4 Å². The number of rotatable bonds is 5. The molecule has 1 aliphatic rings. The van der Waals surface area contributed by atoms with Crippen molar-refractivity contribution in [2.45, 2.75) is 38.9 Å². The molecule has 9 heteroatoms. The fourth-order valence-electron chi connectivity index (χ4n) is 2.66. The van der Waals surface area contributed by atoms with E-state index in [1.807, 2.05) is 58.0 Å². The maximum Gasteiger partial charge on any atom is 0.498 e. The first-order valence-electron chi connectivity index (χ1n) is 8.62. The molecule has 0 bridgehead atoms. The molecule has 0 amide bonds. The van der Waals surface area contributed by atoms with Gasteiger partial charge in [0.2, 0.25) is 10.0 Å². The summed E-state index contributed by atoms with van der Waals surface area (Å²) in [5.41, 5.74) is 0.766. The maximum atomic E-state index is 11.6. The summed E-state index contributed by atoms with van der Waals surface area (Å²) < 4.78 is 37.9. The Kier molecular flexibility index (Phi) is 4.96. The number of nitrogens with zero attached hydrogens (tertiary/aromatic N) is 1. The number of aromatic nitrogens is 1.